The van der Waals surface area contributed by atoms with Crippen LogP contribution in [0.2, 0.25) is 0 Å². The maximum Gasteiger partial charge on any atom is 0.312 e. The molecule has 8 nitrogen and oxygen atoms in total. The van der Waals surface area contributed by atoms with E-state index in [0.717, 1.165) is 25.7 Å². The number of likely N-dealkylation sites (N-methyl/N-ethyl adjacent to an activating group) is 1. The molecule has 2 aliphatic rings. The largest absolute Gasteiger partial charge is 0.497 e. The van der Waals surface area contributed by atoms with E-state index in [9.17, 15) is 14.4 Å². The lowest BCUT2D eigenvalue weighted by Gasteiger charge is -2.32. The topological polar surface area (TPSA) is 85.4 Å². The molecule has 0 radical (unpaired) electrons. The van der Waals surface area contributed by atoms with Gasteiger partial charge >= 0.3 is 5.97 Å². The predicted octanol–water partition coefficient (Wildman–Crippen LogP) is 2.78. The number of carbonyl (C=O) groups is 3. The molecule has 1 saturated heterocycles. The fourth-order valence-corrected chi connectivity index (χ4v) is 4.36. The van der Waals surface area contributed by atoms with Crippen LogP contribution >= 0.6 is 0 Å². The Labute approximate surface area is 183 Å². The molecular formula is C23H32N2O6. The van der Waals surface area contributed by atoms with Gasteiger partial charge in [-0.05, 0) is 31.9 Å². The average Bonchev–Trinajstić information content (AvgIpc) is 3.19. The van der Waals surface area contributed by atoms with Crippen LogP contribution in [0.5, 0.6) is 11.5 Å². The number of esters is 1. The molecule has 1 aliphatic carbocycles. The van der Waals surface area contributed by atoms with E-state index in [2.05, 4.69) is 0 Å². The number of ether oxygens (including phenoxy) is 3. The molecule has 0 spiro atoms. The highest BCUT2D eigenvalue weighted by molar-refractivity contribution is 6.01. The molecule has 0 bridgehead atoms. The lowest BCUT2D eigenvalue weighted by Crippen LogP contribution is -2.44. The van der Waals surface area contributed by atoms with Crippen molar-refractivity contribution >= 4 is 23.5 Å². The van der Waals surface area contributed by atoms with E-state index in [1.807, 2.05) is 0 Å². The highest BCUT2D eigenvalue weighted by Crippen LogP contribution is 2.36. The van der Waals surface area contributed by atoms with Gasteiger partial charge < -0.3 is 24.0 Å². The third-order valence-electron chi connectivity index (χ3n) is 6.25. The molecule has 1 saturated carbocycles. The van der Waals surface area contributed by atoms with Gasteiger partial charge in [0.2, 0.25) is 5.91 Å². The van der Waals surface area contributed by atoms with Crippen molar-refractivity contribution in [1.82, 2.24) is 4.90 Å². The van der Waals surface area contributed by atoms with Crippen LogP contribution in [0.25, 0.3) is 0 Å². The minimum absolute atomic E-state index is 0.0351. The van der Waals surface area contributed by atoms with Gasteiger partial charge in [-0.3, -0.25) is 14.4 Å². The number of benzene rings is 1. The Balaban J connectivity index is 1.61. The number of carbonyl (C=O) groups excluding carboxylic acids is 3. The molecule has 0 N–H and O–H groups in total. The molecule has 1 aromatic carbocycles. The Morgan fingerprint density at radius 1 is 1.13 bits per heavy atom. The zero-order chi connectivity index (χ0) is 22.5. The number of nitrogens with zero attached hydrogens (tertiary/aromatic N) is 2. The Kier molecular flexibility index (Phi) is 7.41. The Bertz CT molecular complexity index is 820. The van der Waals surface area contributed by atoms with Crippen LogP contribution in [0.1, 0.15) is 45.4 Å². The molecule has 1 aromatic rings. The van der Waals surface area contributed by atoms with Crippen molar-refractivity contribution < 1.29 is 28.6 Å². The third-order valence-corrected chi connectivity index (χ3v) is 6.25. The molecule has 3 rings (SSSR count). The van der Waals surface area contributed by atoms with Gasteiger partial charge in [-0.1, -0.05) is 19.3 Å². The van der Waals surface area contributed by atoms with Crippen molar-refractivity contribution in [2.45, 2.75) is 57.6 Å². The summed E-state index contributed by atoms with van der Waals surface area (Å²) >= 11 is 0. The van der Waals surface area contributed by atoms with Gasteiger partial charge in [0.25, 0.3) is 5.91 Å². The molecule has 0 unspecified atom stereocenters. The van der Waals surface area contributed by atoms with Crippen molar-refractivity contribution in [3.05, 3.63) is 18.2 Å². The predicted molar refractivity (Wildman–Crippen MR) is 115 cm³/mol. The molecule has 2 fully saturated rings. The summed E-state index contributed by atoms with van der Waals surface area (Å²) in [6.45, 7) is 1.78. The minimum atomic E-state index is -0.876. The zero-order valence-corrected chi connectivity index (χ0v) is 18.8. The van der Waals surface area contributed by atoms with Gasteiger partial charge in [0.15, 0.2) is 6.10 Å². The summed E-state index contributed by atoms with van der Waals surface area (Å²) in [4.78, 5) is 41.3. The minimum Gasteiger partial charge on any atom is -0.497 e. The molecule has 170 valence electrons. The van der Waals surface area contributed by atoms with E-state index in [-0.39, 0.29) is 30.8 Å². The summed E-state index contributed by atoms with van der Waals surface area (Å²) in [5.74, 6) is -0.449. The van der Waals surface area contributed by atoms with Gasteiger partial charge in [0.05, 0.1) is 25.8 Å². The maximum atomic E-state index is 12.7. The summed E-state index contributed by atoms with van der Waals surface area (Å²) in [5.41, 5.74) is 0.574. The fourth-order valence-electron chi connectivity index (χ4n) is 4.36. The van der Waals surface area contributed by atoms with Crippen molar-refractivity contribution in [1.29, 1.82) is 0 Å². The zero-order valence-electron chi connectivity index (χ0n) is 18.8. The van der Waals surface area contributed by atoms with E-state index < -0.39 is 18.0 Å². The summed E-state index contributed by atoms with van der Waals surface area (Å²) in [5, 5.41) is 0. The highest BCUT2D eigenvalue weighted by Gasteiger charge is 2.39. The van der Waals surface area contributed by atoms with Crippen LogP contribution in [0.15, 0.2) is 18.2 Å². The van der Waals surface area contributed by atoms with Gasteiger partial charge in [0.1, 0.15) is 11.5 Å². The van der Waals surface area contributed by atoms with Gasteiger partial charge in [-0.15, -0.1) is 0 Å². The van der Waals surface area contributed by atoms with E-state index in [0.29, 0.717) is 17.2 Å². The van der Waals surface area contributed by atoms with Crippen LogP contribution in [-0.2, 0) is 19.1 Å². The van der Waals surface area contributed by atoms with Crippen molar-refractivity contribution in [2.24, 2.45) is 5.92 Å². The molecule has 31 heavy (non-hydrogen) atoms. The SMILES string of the molecule is COc1ccc(N2C[C@H](C(=O)O[C@H](C)C(=O)N(C)C3CCCCC3)CC2=O)c(OC)c1. The van der Waals surface area contributed by atoms with Crippen LogP contribution in [0, 0.1) is 5.92 Å². The smallest absolute Gasteiger partial charge is 0.312 e. The summed E-state index contributed by atoms with van der Waals surface area (Å²) in [6, 6.07) is 5.36. The van der Waals surface area contributed by atoms with Gasteiger partial charge in [-0.25, -0.2) is 0 Å². The average molecular weight is 433 g/mol. The first-order chi connectivity index (χ1) is 14.8. The quantitative estimate of drug-likeness (QED) is 0.616. The number of hydrogen-bond donors (Lipinski definition) is 0. The molecular weight excluding hydrogens is 400 g/mol. The maximum absolute atomic E-state index is 12.7. The lowest BCUT2D eigenvalue weighted by molar-refractivity contribution is -0.162. The molecule has 2 atom stereocenters. The van der Waals surface area contributed by atoms with Crippen LogP contribution < -0.4 is 14.4 Å². The second kappa shape index (κ2) is 10.0. The fraction of sp³-hybridized carbons (Fsp3) is 0.609. The lowest BCUT2D eigenvalue weighted by atomic mass is 9.94. The Morgan fingerprint density at radius 3 is 2.48 bits per heavy atom. The standard InChI is InChI=1S/C23H32N2O6/c1-15(22(27)24(2)17-8-6-5-7-9-17)31-23(28)16-12-21(26)25(14-16)19-11-10-18(29-3)13-20(19)30-4/h10-11,13,15-17H,5-9,12,14H2,1-4H3/t15-,16-/m1/s1. The summed E-state index contributed by atoms with van der Waals surface area (Å²) in [6.07, 6.45) is 4.56. The first-order valence-electron chi connectivity index (χ1n) is 10.8. The first kappa shape index (κ1) is 22.9. The van der Waals surface area contributed by atoms with Crippen LogP contribution in [0.4, 0.5) is 5.69 Å². The van der Waals surface area contributed by atoms with E-state index in [1.54, 1.807) is 44.2 Å². The second-order valence-corrected chi connectivity index (χ2v) is 8.26. The number of amides is 2. The number of hydrogen-bond acceptors (Lipinski definition) is 6. The molecule has 1 heterocycles. The molecule has 1 aliphatic heterocycles. The van der Waals surface area contributed by atoms with E-state index >= 15 is 0 Å². The van der Waals surface area contributed by atoms with Gasteiger partial charge in [-0.2, -0.15) is 0 Å². The molecule has 0 aromatic heterocycles. The van der Waals surface area contributed by atoms with E-state index in [4.69, 9.17) is 14.2 Å². The van der Waals surface area contributed by atoms with Crippen molar-refractivity contribution in [3.63, 3.8) is 0 Å². The number of rotatable bonds is 7. The first-order valence-corrected chi connectivity index (χ1v) is 10.8. The van der Waals surface area contributed by atoms with Crippen LogP contribution in [-0.4, -0.2) is 62.6 Å². The molecule has 2 amide bonds. The highest BCUT2D eigenvalue weighted by atomic mass is 16.5. The Hall–Kier alpha value is -2.77. The molecule has 8 heteroatoms. The summed E-state index contributed by atoms with van der Waals surface area (Å²) < 4.78 is 16.1. The van der Waals surface area contributed by atoms with Crippen LogP contribution in [0.3, 0.4) is 0 Å². The van der Waals surface area contributed by atoms with E-state index in [1.165, 1.54) is 18.4 Å². The third kappa shape index (κ3) is 5.11. The normalized spacial score (nSPS) is 20.3. The Morgan fingerprint density at radius 2 is 1.84 bits per heavy atom. The number of methoxy groups -OCH3 is 2. The van der Waals surface area contributed by atoms with Crippen molar-refractivity contribution in [2.75, 3.05) is 32.7 Å². The van der Waals surface area contributed by atoms with Gasteiger partial charge in [0, 0.05) is 32.1 Å². The monoisotopic (exact) mass is 432 g/mol. The summed E-state index contributed by atoms with van der Waals surface area (Å²) in [7, 11) is 4.84. The second-order valence-electron chi connectivity index (χ2n) is 8.26. The van der Waals surface area contributed by atoms with Crippen molar-refractivity contribution in [3.8, 4) is 11.5 Å². The number of anilines is 1.